The zero-order chi connectivity index (χ0) is 41.2. The number of ether oxygens (including phenoxy) is 5. The number of carboxylic acid groups (broad SMARTS) is 1. The quantitative estimate of drug-likeness (QED) is 0.0589. The van der Waals surface area contributed by atoms with Gasteiger partial charge in [-0.3, -0.25) is 0 Å². The van der Waals surface area contributed by atoms with Crippen LogP contribution >= 0.6 is 0 Å². The number of amides is 3. The van der Waals surface area contributed by atoms with Crippen molar-refractivity contribution >= 4 is 24.2 Å². The summed E-state index contributed by atoms with van der Waals surface area (Å²) in [6.07, 6.45) is 0.897. The molecule has 1 heterocycles. The van der Waals surface area contributed by atoms with Gasteiger partial charge in [0.05, 0.1) is 12.6 Å². The fraction of sp³-hybridized carbons (Fsp3) is 0.391. The highest BCUT2D eigenvalue weighted by atomic mass is 16.7. The van der Waals surface area contributed by atoms with Gasteiger partial charge in [0.25, 0.3) is 0 Å². The smallest absolute Gasteiger partial charge is 0.410 e. The molecule has 1 unspecified atom stereocenters. The molecule has 13 heteroatoms. The lowest BCUT2D eigenvalue weighted by Crippen LogP contribution is -2.43. The van der Waals surface area contributed by atoms with Gasteiger partial charge < -0.3 is 44.3 Å². The molecule has 312 valence electrons. The van der Waals surface area contributed by atoms with Crippen LogP contribution in [0.2, 0.25) is 0 Å². The molecule has 3 amide bonds. The molecule has 2 aliphatic rings. The molecule has 1 fully saturated rings. The predicted molar refractivity (Wildman–Crippen MR) is 219 cm³/mol. The van der Waals surface area contributed by atoms with Crippen molar-refractivity contribution in [1.29, 1.82) is 0 Å². The maximum Gasteiger partial charge on any atom is 0.410 e. The molecule has 0 aromatic heterocycles. The first-order valence-corrected chi connectivity index (χ1v) is 20.4. The fourth-order valence-corrected chi connectivity index (χ4v) is 7.35. The monoisotopic (exact) mass is 807 g/mol. The summed E-state index contributed by atoms with van der Waals surface area (Å²) in [6, 6.07) is 33.5. The van der Waals surface area contributed by atoms with E-state index in [1.165, 1.54) is 0 Å². The zero-order valence-electron chi connectivity index (χ0n) is 33.2. The van der Waals surface area contributed by atoms with Gasteiger partial charge in [0.1, 0.15) is 25.9 Å². The fourth-order valence-electron chi connectivity index (χ4n) is 7.35. The van der Waals surface area contributed by atoms with E-state index in [4.69, 9.17) is 23.7 Å². The van der Waals surface area contributed by atoms with E-state index in [0.717, 1.165) is 46.2 Å². The Kier molecular flexibility index (Phi) is 16.1. The number of carbonyl (C=O) groups excluding carboxylic acids is 3. The van der Waals surface area contributed by atoms with Crippen molar-refractivity contribution in [2.75, 3.05) is 32.8 Å². The van der Waals surface area contributed by atoms with Crippen molar-refractivity contribution in [3.8, 4) is 11.1 Å². The number of nitrogens with zero attached hydrogens (tertiary/aromatic N) is 1. The van der Waals surface area contributed by atoms with Gasteiger partial charge in [-0.25, -0.2) is 19.2 Å². The van der Waals surface area contributed by atoms with Crippen LogP contribution in [0, 0.1) is 0 Å². The summed E-state index contributed by atoms with van der Waals surface area (Å²) in [5, 5.41) is 15.3. The second-order valence-electron chi connectivity index (χ2n) is 14.7. The first kappa shape index (κ1) is 42.7. The lowest BCUT2D eigenvalue weighted by molar-refractivity contribution is -0.191. The van der Waals surface area contributed by atoms with E-state index < -0.39 is 42.7 Å². The summed E-state index contributed by atoms with van der Waals surface area (Å²) < 4.78 is 28.9. The van der Waals surface area contributed by atoms with E-state index >= 15 is 0 Å². The van der Waals surface area contributed by atoms with Crippen LogP contribution in [0.1, 0.15) is 73.1 Å². The molecular weight excluding hydrogens is 755 g/mol. The maximum atomic E-state index is 13.6. The van der Waals surface area contributed by atoms with Crippen molar-refractivity contribution in [3.05, 3.63) is 131 Å². The molecule has 0 saturated carbocycles. The molecular formula is C46H53N3O10. The Hall–Kier alpha value is -5.92. The molecule has 59 heavy (non-hydrogen) atoms. The molecule has 0 radical (unpaired) electrons. The van der Waals surface area contributed by atoms with Gasteiger partial charge in [-0.1, -0.05) is 109 Å². The topological polar surface area (TPSA) is 162 Å². The largest absolute Gasteiger partial charge is 0.480 e. The number of unbranched alkanes of at least 4 members (excludes halogenated alkanes) is 1. The molecule has 0 spiro atoms. The second kappa shape index (κ2) is 22.3. The zero-order valence-corrected chi connectivity index (χ0v) is 33.2. The van der Waals surface area contributed by atoms with E-state index in [9.17, 15) is 24.3 Å². The third kappa shape index (κ3) is 13.0. The molecule has 1 saturated heterocycles. The van der Waals surface area contributed by atoms with Crippen LogP contribution in [0.15, 0.2) is 109 Å². The molecule has 1 aliphatic carbocycles. The number of aliphatic carboxylic acids is 1. The van der Waals surface area contributed by atoms with E-state index in [1.807, 2.05) is 109 Å². The number of nitrogens with one attached hydrogen (secondary N) is 2. The number of alkyl carbamates (subject to hydrolysis) is 2. The normalized spacial score (nSPS) is 15.5. The third-order valence-electron chi connectivity index (χ3n) is 10.4. The van der Waals surface area contributed by atoms with Crippen LogP contribution in [0.4, 0.5) is 14.4 Å². The number of carboxylic acids is 1. The van der Waals surface area contributed by atoms with Gasteiger partial charge in [-0.05, 0) is 78.3 Å². The van der Waals surface area contributed by atoms with E-state index in [-0.39, 0.29) is 51.8 Å². The number of fused-ring (bicyclic) bond motifs is 3. The Morgan fingerprint density at radius 3 is 1.98 bits per heavy atom. The van der Waals surface area contributed by atoms with Gasteiger partial charge >= 0.3 is 24.2 Å². The van der Waals surface area contributed by atoms with Crippen LogP contribution in [0.5, 0.6) is 0 Å². The van der Waals surface area contributed by atoms with Gasteiger partial charge in [0, 0.05) is 25.6 Å². The van der Waals surface area contributed by atoms with Crippen LogP contribution in [0.25, 0.3) is 11.1 Å². The van der Waals surface area contributed by atoms with Crippen molar-refractivity contribution in [1.82, 2.24) is 15.5 Å². The Morgan fingerprint density at radius 2 is 1.36 bits per heavy atom. The van der Waals surface area contributed by atoms with Gasteiger partial charge in [-0.15, -0.1) is 0 Å². The summed E-state index contributed by atoms with van der Waals surface area (Å²) in [7, 11) is 0. The van der Waals surface area contributed by atoms with Crippen LogP contribution in [-0.4, -0.2) is 85.5 Å². The SMILES string of the molecule is O=C(NCC[C@@H](CN(CCCC[C@H](NC(=O)OCC1c2ccccc2-c2ccccc21)C(=O)O)C(=O)OCc1ccccc1)OC1CCCCO1)OCc1ccccc1. The summed E-state index contributed by atoms with van der Waals surface area (Å²) in [6.45, 7) is 1.41. The van der Waals surface area contributed by atoms with E-state index in [0.29, 0.717) is 32.3 Å². The molecule has 1 aliphatic heterocycles. The average molecular weight is 808 g/mol. The first-order chi connectivity index (χ1) is 28.8. The number of hydrogen-bond acceptors (Lipinski definition) is 9. The highest BCUT2D eigenvalue weighted by Crippen LogP contribution is 2.44. The molecule has 4 aromatic carbocycles. The summed E-state index contributed by atoms with van der Waals surface area (Å²) in [5.74, 6) is -1.35. The minimum absolute atomic E-state index is 0.0613. The predicted octanol–water partition coefficient (Wildman–Crippen LogP) is 8.02. The van der Waals surface area contributed by atoms with Crippen LogP contribution in [0.3, 0.4) is 0 Å². The lowest BCUT2D eigenvalue weighted by Gasteiger charge is -2.31. The minimum atomic E-state index is -1.20. The van der Waals surface area contributed by atoms with E-state index in [2.05, 4.69) is 10.6 Å². The van der Waals surface area contributed by atoms with Crippen molar-refractivity contribution in [3.63, 3.8) is 0 Å². The molecule has 3 atom stereocenters. The van der Waals surface area contributed by atoms with E-state index in [1.54, 1.807) is 4.90 Å². The standard InChI is InChI=1S/C46H53N3O10/c50-43(51)41(48-45(53)57-32-40-38-21-9-7-19-36(38)37-20-8-10-22-39(37)40)23-11-13-27-49(46(54)58-31-34-17-5-2-6-18-34)29-35(59-42-24-12-14-28-55-42)25-26-47-44(52)56-30-33-15-3-1-4-16-33/h1-10,15-22,35,40-42H,11-14,23-32H2,(H,47,52)(H,48,53)(H,50,51)/t35-,41-,42?/m0/s1. The number of rotatable bonds is 20. The number of carbonyl (C=O) groups is 4. The van der Waals surface area contributed by atoms with Crippen molar-refractivity contribution in [2.24, 2.45) is 0 Å². The molecule has 13 nitrogen and oxygen atoms in total. The Labute approximate surface area is 344 Å². The highest BCUT2D eigenvalue weighted by Gasteiger charge is 2.30. The van der Waals surface area contributed by atoms with Crippen molar-refractivity contribution < 1.29 is 48.0 Å². The van der Waals surface area contributed by atoms with Gasteiger partial charge in [0.2, 0.25) is 0 Å². The molecule has 3 N–H and O–H groups in total. The van der Waals surface area contributed by atoms with Crippen LogP contribution in [-0.2, 0) is 41.7 Å². The Morgan fingerprint density at radius 1 is 0.729 bits per heavy atom. The second-order valence-corrected chi connectivity index (χ2v) is 14.7. The summed E-state index contributed by atoms with van der Waals surface area (Å²) in [5.41, 5.74) is 5.99. The first-order valence-electron chi connectivity index (χ1n) is 20.4. The van der Waals surface area contributed by atoms with Crippen LogP contribution < -0.4 is 10.6 Å². The van der Waals surface area contributed by atoms with Gasteiger partial charge in [0.15, 0.2) is 6.29 Å². The average Bonchev–Trinajstić information content (AvgIpc) is 3.59. The molecule has 6 rings (SSSR count). The summed E-state index contributed by atoms with van der Waals surface area (Å²) in [4.78, 5) is 52.9. The third-order valence-corrected chi connectivity index (χ3v) is 10.4. The molecule has 4 aromatic rings. The number of benzene rings is 4. The highest BCUT2D eigenvalue weighted by molar-refractivity contribution is 5.81. The maximum absolute atomic E-state index is 13.6. The Balaban J connectivity index is 1.03. The molecule has 0 bridgehead atoms. The lowest BCUT2D eigenvalue weighted by atomic mass is 9.98. The van der Waals surface area contributed by atoms with Crippen molar-refractivity contribution in [2.45, 2.75) is 82.5 Å². The minimum Gasteiger partial charge on any atom is -0.480 e. The number of hydrogen-bond donors (Lipinski definition) is 3. The van der Waals surface area contributed by atoms with Gasteiger partial charge in [-0.2, -0.15) is 0 Å². The summed E-state index contributed by atoms with van der Waals surface area (Å²) >= 11 is 0. The Bertz CT molecular complexity index is 1910.